The third-order valence-corrected chi connectivity index (χ3v) is 0.827. The minimum Gasteiger partial charge on any atom is -0.481 e. The lowest BCUT2D eigenvalue weighted by molar-refractivity contribution is -0.135. The molecular formula is C8H16O5. The van der Waals surface area contributed by atoms with E-state index in [1.54, 1.807) is 0 Å². The Labute approximate surface area is 77.3 Å². The number of hydrogen-bond donors (Lipinski definition) is 2. The highest BCUT2D eigenvalue weighted by atomic mass is 16.5. The molecule has 1 aliphatic rings. The van der Waals surface area contributed by atoms with Gasteiger partial charge in [0.05, 0.1) is 0 Å². The van der Waals surface area contributed by atoms with Gasteiger partial charge in [-0.25, -0.2) is 0 Å². The second kappa shape index (κ2) is 10.9. The predicted molar refractivity (Wildman–Crippen MR) is 46.7 cm³/mol. The molecule has 5 heteroatoms. The molecule has 1 heterocycles. The van der Waals surface area contributed by atoms with Crippen LogP contribution in [0.5, 0.6) is 0 Å². The number of ether oxygens (including phenoxy) is 1. The Morgan fingerprint density at radius 2 is 1.23 bits per heavy atom. The molecule has 78 valence electrons. The highest BCUT2D eigenvalue weighted by Gasteiger charge is 1.94. The maximum atomic E-state index is 9.00. The van der Waals surface area contributed by atoms with Crippen molar-refractivity contribution < 1.29 is 24.5 Å². The third kappa shape index (κ3) is 56.8. The Morgan fingerprint density at radius 1 is 1.00 bits per heavy atom. The second-order valence-electron chi connectivity index (χ2n) is 2.36. The monoisotopic (exact) mass is 192 g/mol. The van der Waals surface area contributed by atoms with Crippen molar-refractivity contribution >= 4 is 11.9 Å². The smallest absolute Gasteiger partial charge is 0.300 e. The summed E-state index contributed by atoms with van der Waals surface area (Å²) < 4.78 is 4.94. The van der Waals surface area contributed by atoms with Crippen molar-refractivity contribution in [1.29, 1.82) is 0 Å². The van der Waals surface area contributed by atoms with Crippen LogP contribution in [0, 0.1) is 0 Å². The zero-order chi connectivity index (χ0) is 10.7. The van der Waals surface area contributed by atoms with E-state index < -0.39 is 11.9 Å². The van der Waals surface area contributed by atoms with Gasteiger partial charge in [0.15, 0.2) is 0 Å². The molecule has 0 aliphatic carbocycles. The van der Waals surface area contributed by atoms with Crippen molar-refractivity contribution in [3.63, 3.8) is 0 Å². The van der Waals surface area contributed by atoms with Gasteiger partial charge in [-0.3, -0.25) is 9.59 Å². The Hall–Kier alpha value is -1.10. The molecule has 0 aromatic rings. The first kappa shape index (κ1) is 14.4. The molecule has 1 fully saturated rings. The van der Waals surface area contributed by atoms with Crippen LogP contribution in [-0.4, -0.2) is 35.4 Å². The van der Waals surface area contributed by atoms with Crippen LogP contribution in [0.1, 0.15) is 26.7 Å². The van der Waals surface area contributed by atoms with Crippen LogP contribution in [0.4, 0.5) is 0 Å². The standard InChI is InChI=1S/C4H8O.2C2H4O2/c1-2-4-5-3-1;2*1-2(3)4/h1-4H2;2*1H3,(H,3,4). The summed E-state index contributed by atoms with van der Waals surface area (Å²) >= 11 is 0. The normalized spacial score (nSPS) is 13.1. The van der Waals surface area contributed by atoms with Crippen molar-refractivity contribution in [3.05, 3.63) is 0 Å². The average molecular weight is 192 g/mol. The molecule has 0 saturated carbocycles. The SMILES string of the molecule is C1CCOC1.CC(=O)O.CC(=O)O. The first-order valence-corrected chi connectivity index (χ1v) is 3.93. The summed E-state index contributed by atoms with van der Waals surface area (Å²) in [5, 5.41) is 14.8. The van der Waals surface area contributed by atoms with Gasteiger partial charge in [-0.2, -0.15) is 0 Å². The predicted octanol–water partition coefficient (Wildman–Crippen LogP) is 0.979. The van der Waals surface area contributed by atoms with Gasteiger partial charge in [0.1, 0.15) is 0 Å². The Bertz CT molecular complexity index is 112. The fourth-order valence-electron chi connectivity index (χ4n) is 0.510. The molecule has 5 nitrogen and oxygen atoms in total. The zero-order valence-corrected chi connectivity index (χ0v) is 7.95. The molecule has 2 N–H and O–H groups in total. The largest absolute Gasteiger partial charge is 0.481 e. The maximum absolute atomic E-state index is 9.00. The van der Waals surface area contributed by atoms with Crippen LogP contribution in [0.25, 0.3) is 0 Å². The molecule has 1 rings (SSSR count). The molecule has 0 radical (unpaired) electrons. The van der Waals surface area contributed by atoms with Gasteiger partial charge in [0.25, 0.3) is 11.9 Å². The Morgan fingerprint density at radius 3 is 1.31 bits per heavy atom. The maximum Gasteiger partial charge on any atom is 0.300 e. The van der Waals surface area contributed by atoms with Crippen molar-refractivity contribution in [2.45, 2.75) is 26.7 Å². The molecule has 0 amide bonds. The topological polar surface area (TPSA) is 83.8 Å². The summed E-state index contributed by atoms with van der Waals surface area (Å²) in [5.74, 6) is -1.67. The van der Waals surface area contributed by atoms with Crippen molar-refractivity contribution in [3.8, 4) is 0 Å². The van der Waals surface area contributed by atoms with Crippen molar-refractivity contribution in [1.82, 2.24) is 0 Å². The van der Waals surface area contributed by atoms with Gasteiger partial charge in [0, 0.05) is 27.1 Å². The Kier molecular flexibility index (Phi) is 12.1. The minimum atomic E-state index is -0.833. The zero-order valence-electron chi connectivity index (χ0n) is 7.95. The summed E-state index contributed by atoms with van der Waals surface area (Å²) in [6.07, 6.45) is 2.56. The number of carboxylic acids is 2. The number of aliphatic carboxylic acids is 2. The van der Waals surface area contributed by atoms with E-state index in [4.69, 9.17) is 24.5 Å². The Balaban J connectivity index is 0. The van der Waals surface area contributed by atoms with E-state index in [-0.39, 0.29) is 0 Å². The third-order valence-electron chi connectivity index (χ3n) is 0.827. The number of hydrogen-bond acceptors (Lipinski definition) is 3. The number of carbonyl (C=O) groups is 2. The molecule has 0 aromatic carbocycles. The van der Waals surface area contributed by atoms with Gasteiger partial charge in [-0.15, -0.1) is 0 Å². The fourth-order valence-corrected chi connectivity index (χ4v) is 0.510. The number of carboxylic acid groups (broad SMARTS) is 2. The summed E-state index contributed by atoms with van der Waals surface area (Å²) in [5.41, 5.74) is 0. The quantitative estimate of drug-likeness (QED) is 0.597. The fraction of sp³-hybridized carbons (Fsp3) is 0.750. The second-order valence-corrected chi connectivity index (χ2v) is 2.36. The van der Waals surface area contributed by atoms with Gasteiger partial charge in [0.2, 0.25) is 0 Å². The molecule has 13 heavy (non-hydrogen) atoms. The molecule has 0 aromatic heterocycles. The van der Waals surface area contributed by atoms with E-state index in [2.05, 4.69) is 0 Å². The molecular weight excluding hydrogens is 176 g/mol. The van der Waals surface area contributed by atoms with Crippen molar-refractivity contribution in [2.75, 3.05) is 13.2 Å². The highest BCUT2D eigenvalue weighted by molar-refractivity contribution is 5.63. The van der Waals surface area contributed by atoms with E-state index >= 15 is 0 Å². The first-order chi connectivity index (χ1) is 5.96. The summed E-state index contributed by atoms with van der Waals surface area (Å²) in [6, 6.07) is 0. The summed E-state index contributed by atoms with van der Waals surface area (Å²) in [4.78, 5) is 18.0. The van der Waals surface area contributed by atoms with Crippen molar-refractivity contribution in [2.24, 2.45) is 0 Å². The van der Waals surface area contributed by atoms with E-state index in [1.165, 1.54) is 12.8 Å². The molecule has 0 spiro atoms. The molecule has 1 saturated heterocycles. The minimum absolute atomic E-state index is 0.833. The highest BCUT2D eigenvalue weighted by Crippen LogP contribution is 1.98. The van der Waals surface area contributed by atoms with Crippen LogP contribution in [0.15, 0.2) is 0 Å². The lowest BCUT2D eigenvalue weighted by Gasteiger charge is -1.76. The average Bonchev–Trinajstić information content (AvgIpc) is 2.35. The molecule has 1 aliphatic heterocycles. The van der Waals surface area contributed by atoms with Crippen LogP contribution in [-0.2, 0) is 14.3 Å². The van der Waals surface area contributed by atoms with Crippen LogP contribution < -0.4 is 0 Å². The van der Waals surface area contributed by atoms with E-state index in [1.807, 2.05) is 0 Å². The summed E-state index contributed by atoms with van der Waals surface area (Å²) in [6.45, 7) is 4.17. The number of rotatable bonds is 0. The van der Waals surface area contributed by atoms with E-state index in [0.717, 1.165) is 27.1 Å². The van der Waals surface area contributed by atoms with Gasteiger partial charge < -0.3 is 14.9 Å². The summed E-state index contributed by atoms with van der Waals surface area (Å²) in [7, 11) is 0. The van der Waals surface area contributed by atoms with Crippen LogP contribution in [0.3, 0.4) is 0 Å². The van der Waals surface area contributed by atoms with Crippen LogP contribution in [0.2, 0.25) is 0 Å². The lowest BCUT2D eigenvalue weighted by atomic mass is 10.4. The van der Waals surface area contributed by atoms with Gasteiger partial charge in [-0.05, 0) is 12.8 Å². The van der Waals surface area contributed by atoms with E-state index in [0.29, 0.717) is 0 Å². The van der Waals surface area contributed by atoms with E-state index in [9.17, 15) is 0 Å². The van der Waals surface area contributed by atoms with Gasteiger partial charge >= 0.3 is 0 Å². The van der Waals surface area contributed by atoms with Gasteiger partial charge in [-0.1, -0.05) is 0 Å². The lowest BCUT2D eigenvalue weighted by Crippen LogP contribution is -1.78. The molecule has 0 bridgehead atoms. The first-order valence-electron chi connectivity index (χ1n) is 3.93. The molecule has 0 unspecified atom stereocenters. The molecule has 0 atom stereocenters. The van der Waals surface area contributed by atoms with Crippen LogP contribution >= 0.6 is 0 Å².